The lowest BCUT2D eigenvalue weighted by molar-refractivity contribution is 0.184. The third-order valence-corrected chi connectivity index (χ3v) is 11.2. The zero-order valence-electron chi connectivity index (χ0n) is 16.9. The Morgan fingerprint density at radius 3 is 1.28 bits per heavy atom. The van der Waals surface area contributed by atoms with Gasteiger partial charge in [0.2, 0.25) is 0 Å². The highest BCUT2D eigenvalue weighted by molar-refractivity contribution is 7.79. The molecular weight excluding hydrogens is 493 g/mol. The summed E-state index contributed by atoms with van der Waals surface area (Å²) in [6, 6.07) is 26.3. The summed E-state index contributed by atoms with van der Waals surface area (Å²) in [4.78, 5) is 10.6. The van der Waals surface area contributed by atoms with E-state index in [0.717, 1.165) is 0 Å². The van der Waals surface area contributed by atoms with Crippen molar-refractivity contribution in [2.45, 2.75) is 23.6 Å². The second kappa shape index (κ2) is 11.1. The number of hydrogen-bond acceptors (Lipinski definition) is 5. The van der Waals surface area contributed by atoms with Crippen LogP contribution in [0.4, 0.5) is 0 Å². The third kappa shape index (κ3) is 6.32. The van der Waals surface area contributed by atoms with Gasteiger partial charge >= 0.3 is 19.0 Å². The van der Waals surface area contributed by atoms with E-state index in [1.54, 1.807) is 78.9 Å². The molecule has 0 bridgehead atoms. The first-order chi connectivity index (χ1) is 15.2. The van der Waals surface area contributed by atoms with E-state index < -0.39 is 19.0 Å². The van der Waals surface area contributed by atoms with Gasteiger partial charge in [0.05, 0.1) is 19.8 Å². The minimum atomic E-state index is -4.91. The van der Waals surface area contributed by atoms with Crippen LogP contribution < -0.4 is 0 Å². The van der Waals surface area contributed by atoms with Crippen LogP contribution >= 0.6 is 38.4 Å². The second-order valence-corrected chi connectivity index (χ2v) is 13.7. The topological polar surface area (TPSA) is 82.1 Å². The molecule has 3 aromatic carbocycles. The molecule has 3 rings (SSSR count). The Kier molecular flexibility index (Phi) is 8.74. The van der Waals surface area contributed by atoms with E-state index in [0.29, 0.717) is 16.7 Å². The van der Waals surface area contributed by atoms with E-state index in [4.69, 9.17) is 36.8 Å². The highest BCUT2D eigenvalue weighted by Crippen LogP contribution is 2.80. The van der Waals surface area contributed by atoms with Gasteiger partial charge in [-0.05, 0) is 16.7 Å². The summed E-state index contributed by atoms with van der Waals surface area (Å²) in [5.41, 5.74) is 1.91. The quantitative estimate of drug-likeness (QED) is 0.217. The van der Waals surface area contributed by atoms with Crippen molar-refractivity contribution in [2.75, 3.05) is 0 Å². The molecule has 3 aromatic rings. The molecule has 170 valence electrons. The molecule has 0 radical (unpaired) electrons. The van der Waals surface area contributed by atoms with Gasteiger partial charge in [0.1, 0.15) is 0 Å². The fourth-order valence-corrected chi connectivity index (χ4v) is 6.77. The Morgan fingerprint density at radius 1 is 0.625 bits per heavy atom. The van der Waals surface area contributed by atoms with E-state index in [2.05, 4.69) is 0 Å². The lowest BCUT2D eigenvalue weighted by Gasteiger charge is -2.31. The summed E-state index contributed by atoms with van der Waals surface area (Å²) in [6.07, 6.45) is 0. The molecule has 0 heterocycles. The Hall–Kier alpha value is -1.46. The predicted octanol–water partition coefficient (Wildman–Crippen LogP) is 7.10. The average Bonchev–Trinajstić information content (AvgIpc) is 2.82. The number of halogens is 2. The van der Waals surface area contributed by atoms with Gasteiger partial charge in [0.25, 0.3) is 0 Å². The van der Waals surface area contributed by atoms with Crippen molar-refractivity contribution in [3.63, 3.8) is 0 Å². The molecule has 0 aliphatic heterocycles. The van der Waals surface area contributed by atoms with Crippen molar-refractivity contribution >= 4 is 38.4 Å². The lowest BCUT2D eigenvalue weighted by Crippen LogP contribution is -2.20. The number of benzene rings is 3. The number of alkyl halides is 2. The SMILES string of the molecule is O=P(O)(OCc1ccccc1)C(Cl)(Cl)P(=O)(OCc1ccccc1)OCc1ccccc1. The summed E-state index contributed by atoms with van der Waals surface area (Å²) < 4.78 is 40.0. The second-order valence-electron chi connectivity index (χ2n) is 6.80. The van der Waals surface area contributed by atoms with Crippen LogP contribution in [0.2, 0.25) is 0 Å². The van der Waals surface area contributed by atoms with Crippen molar-refractivity contribution in [1.29, 1.82) is 0 Å². The van der Waals surface area contributed by atoms with E-state index in [9.17, 15) is 14.0 Å². The summed E-state index contributed by atoms with van der Waals surface area (Å²) >= 11 is 12.5. The highest BCUT2D eigenvalue weighted by Gasteiger charge is 2.63. The van der Waals surface area contributed by atoms with E-state index in [-0.39, 0.29) is 19.8 Å². The first kappa shape index (κ1) is 25.2. The van der Waals surface area contributed by atoms with Gasteiger partial charge in [-0.1, -0.05) is 114 Å². The third-order valence-electron chi connectivity index (χ3n) is 4.41. The van der Waals surface area contributed by atoms with Crippen molar-refractivity contribution in [1.82, 2.24) is 0 Å². The maximum atomic E-state index is 13.7. The Labute approximate surface area is 197 Å². The first-order valence-electron chi connectivity index (χ1n) is 9.60. The van der Waals surface area contributed by atoms with Gasteiger partial charge in [-0.3, -0.25) is 9.13 Å². The van der Waals surface area contributed by atoms with Gasteiger partial charge < -0.3 is 18.5 Å². The summed E-state index contributed by atoms with van der Waals surface area (Å²) in [7, 11) is -9.51. The molecular formula is C22H22Cl2O6P2. The van der Waals surface area contributed by atoms with E-state index in [1.807, 2.05) is 12.1 Å². The molecule has 32 heavy (non-hydrogen) atoms. The van der Waals surface area contributed by atoms with Crippen molar-refractivity contribution < 1.29 is 27.6 Å². The molecule has 6 nitrogen and oxygen atoms in total. The van der Waals surface area contributed by atoms with Crippen LogP contribution in [0.15, 0.2) is 91.0 Å². The monoisotopic (exact) mass is 514 g/mol. The van der Waals surface area contributed by atoms with Crippen LogP contribution in [0.3, 0.4) is 0 Å². The predicted molar refractivity (Wildman–Crippen MR) is 126 cm³/mol. The molecule has 0 amide bonds. The molecule has 10 heteroatoms. The zero-order valence-corrected chi connectivity index (χ0v) is 20.2. The molecule has 0 aliphatic rings. The molecule has 0 saturated carbocycles. The smallest absolute Gasteiger partial charge is 0.322 e. The fraction of sp³-hybridized carbons (Fsp3) is 0.182. The average molecular weight is 515 g/mol. The largest absolute Gasteiger partial charge is 0.379 e. The molecule has 1 atom stereocenters. The zero-order chi connectivity index (χ0) is 23.1. The number of rotatable bonds is 11. The molecule has 1 unspecified atom stereocenters. The van der Waals surface area contributed by atoms with Gasteiger partial charge in [-0.2, -0.15) is 0 Å². The van der Waals surface area contributed by atoms with Crippen LogP contribution in [-0.4, -0.2) is 8.71 Å². The van der Waals surface area contributed by atoms with Gasteiger partial charge in [0.15, 0.2) is 0 Å². The van der Waals surface area contributed by atoms with Crippen LogP contribution in [0, 0.1) is 0 Å². The standard InChI is InChI=1S/C22H22Cl2O6P2/c23-22(24,31(25,26)28-16-19-10-4-1-5-11-19)32(27,29-17-20-12-6-2-7-13-20)30-18-21-14-8-3-9-15-21/h1-15H,16-18H2,(H,25,26). The minimum absolute atomic E-state index is 0.202. The molecule has 0 spiro atoms. The van der Waals surface area contributed by atoms with Gasteiger partial charge in [0, 0.05) is 0 Å². The van der Waals surface area contributed by atoms with E-state index in [1.165, 1.54) is 0 Å². The highest BCUT2D eigenvalue weighted by atomic mass is 35.5. The van der Waals surface area contributed by atoms with Crippen LogP contribution in [0.1, 0.15) is 16.7 Å². The van der Waals surface area contributed by atoms with Gasteiger partial charge in [-0.25, -0.2) is 0 Å². The van der Waals surface area contributed by atoms with E-state index >= 15 is 0 Å². The maximum Gasteiger partial charge on any atom is 0.379 e. The Balaban J connectivity index is 1.82. The minimum Gasteiger partial charge on any atom is -0.322 e. The lowest BCUT2D eigenvalue weighted by atomic mass is 10.2. The maximum absolute atomic E-state index is 13.7. The van der Waals surface area contributed by atoms with Crippen molar-refractivity contribution in [3.8, 4) is 0 Å². The molecule has 0 saturated heterocycles. The molecule has 0 aromatic heterocycles. The normalized spacial score (nSPS) is 14.1. The first-order valence-corrected chi connectivity index (χ1v) is 13.5. The summed E-state index contributed by atoms with van der Waals surface area (Å²) in [5, 5.41) is 0. The van der Waals surface area contributed by atoms with Crippen molar-refractivity contribution in [3.05, 3.63) is 108 Å². The fourth-order valence-electron chi connectivity index (χ4n) is 2.63. The van der Waals surface area contributed by atoms with Crippen molar-refractivity contribution in [2.24, 2.45) is 0 Å². The summed E-state index contributed by atoms with van der Waals surface area (Å²) in [5.74, 6) is 0. The molecule has 0 aliphatic carbocycles. The molecule has 1 N–H and O–H groups in total. The molecule has 0 fully saturated rings. The Bertz CT molecular complexity index is 1030. The number of hydrogen-bond donors (Lipinski definition) is 1. The summed E-state index contributed by atoms with van der Waals surface area (Å²) in [6.45, 7) is -0.674. The Morgan fingerprint density at radius 2 is 0.938 bits per heavy atom. The van der Waals surface area contributed by atoms with Crippen LogP contribution in [0.5, 0.6) is 0 Å². The van der Waals surface area contributed by atoms with Crippen LogP contribution in [-0.2, 0) is 42.5 Å². The van der Waals surface area contributed by atoms with Crippen LogP contribution in [0.25, 0.3) is 0 Å². The van der Waals surface area contributed by atoms with Gasteiger partial charge in [-0.15, -0.1) is 0 Å².